The maximum atomic E-state index is 12.1. The molecule has 0 aromatic heterocycles. The molecule has 19 heavy (non-hydrogen) atoms. The second kappa shape index (κ2) is 6.57. The van der Waals surface area contributed by atoms with Gasteiger partial charge in [0.25, 0.3) is 0 Å². The molecule has 1 aromatic carbocycles. The Morgan fingerprint density at radius 2 is 1.68 bits per heavy atom. The van der Waals surface area contributed by atoms with E-state index in [4.69, 9.17) is 5.73 Å². The van der Waals surface area contributed by atoms with E-state index in [1.807, 2.05) is 35.0 Å². The molecule has 4 heteroatoms. The van der Waals surface area contributed by atoms with Gasteiger partial charge in [-0.15, -0.1) is 0 Å². The molecule has 0 heterocycles. The van der Waals surface area contributed by atoms with Crippen LogP contribution in [0.4, 0.5) is 5.69 Å². The van der Waals surface area contributed by atoms with Gasteiger partial charge in [-0.2, -0.15) is 0 Å². The molecule has 1 aromatic rings. The SMILES string of the molecule is CC(N)C(C)C(=O)N(C)Cc1ccc(N(C)C)cc1. The predicted octanol–water partition coefficient (Wildman–Crippen LogP) is 1.69. The van der Waals surface area contributed by atoms with Crippen molar-refractivity contribution in [3.05, 3.63) is 29.8 Å². The third-order valence-corrected chi connectivity index (χ3v) is 3.43. The molecule has 0 fully saturated rings. The molecular weight excluding hydrogens is 238 g/mol. The first-order valence-corrected chi connectivity index (χ1v) is 6.59. The summed E-state index contributed by atoms with van der Waals surface area (Å²) in [5.41, 5.74) is 8.05. The molecule has 0 radical (unpaired) electrons. The lowest BCUT2D eigenvalue weighted by molar-refractivity contribution is -0.134. The molecule has 0 spiro atoms. The predicted molar refractivity (Wildman–Crippen MR) is 80.1 cm³/mol. The van der Waals surface area contributed by atoms with E-state index in [0.29, 0.717) is 6.54 Å². The largest absolute Gasteiger partial charge is 0.378 e. The molecule has 4 nitrogen and oxygen atoms in total. The maximum absolute atomic E-state index is 12.1. The Morgan fingerprint density at radius 3 is 2.11 bits per heavy atom. The van der Waals surface area contributed by atoms with E-state index in [1.165, 1.54) is 0 Å². The fourth-order valence-electron chi connectivity index (χ4n) is 1.82. The molecule has 0 saturated carbocycles. The van der Waals surface area contributed by atoms with Crippen LogP contribution in [0.2, 0.25) is 0 Å². The number of hydrogen-bond acceptors (Lipinski definition) is 3. The van der Waals surface area contributed by atoms with Gasteiger partial charge in [0.15, 0.2) is 0 Å². The van der Waals surface area contributed by atoms with Gasteiger partial charge >= 0.3 is 0 Å². The van der Waals surface area contributed by atoms with E-state index in [1.54, 1.807) is 4.90 Å². The highest BCUT2D eigenvalue weighted by Gasteiger charge is 2.20. The summed E-state index contributed by atoms with van der Waals surface area (Å²) in [7, 11) is 5.84. The number of amides is 1. The van der Waals surface area contributed by atoms with Crippen molar-refractivity contribution in [3.63, 3.8) is 0 Å². The summed E-state index contributed by atoms with van der Waals surface area (Å²) in [4.78, 5) is 15.9. The molecule has 0 aliphatic rings. The lowest BCUT2D eigenvalue weighted by Crippen LogP contribution is -2.39. The number of rotatable bonds is 5. The smallest absolute Gasteiger partial charge is 0.226 e. The Bertz CT molecular complexity index is 412. The van der Waals surface area contributed by atoms with Crippen LogP contribution in [0.25, 0.3) is 0 Å². The van der Waals surface area contributed by atoms with Crippen LogP contribution in [0.15, 0.2) is 24.3 Å². The van der Waals surface area contributed by atoms with Gasteiger partial charge in [-0.25, -0.2) is 0 Å². The van der Waals surface area contributed by atoms with Gasteiger partial charge in [0.05, 0.1) is 5.92 Å². The van der Waals surface area contributed by atoms with E-state index in [9.17, 15) is 4.79 Å². The number of carbonyl (C=O) groups excluding carboxylic acids is 1. The lowest BCUT2D eigenvalue weighted by Gasteiger charge is -2.23. The van der Waals surface area contributed by atoms with Crippen molar-refractivity contribution in [2.75, 3.05) is 26.0 Å². The summed E-state index contributed by atoms with van der Waals surface area (Å²) in [6.07, 6.45) is 0. The van der Waals surface area contributed by atoms with Crippen LogP contribution in [0, 0.1) is 5.92 Å². The summed E-state index contributed by atoms with van der Waals surface area (Å²) < 4.78 is 0. The van der Waals surface area contributed by atoms with Crippen LogP contribution < -0.4 is 10.6 Å². The van der Waals surface area contributed by atoms with Crippen molar-refractivity contribution < 1.29 is 4.79 Å². The number of hydrogen-bond donors (Lipinski definition) is 1. The third kappa shape index (κ3) is 4.24. The van der Waals surface area contributed by atoms with Gasteiger partial charge in [-0.3, -0.25) is 4.79 Å². The van der Waals surface area contributed by atoms with Crippen LogP contribution in [-0.4, -0.2) is 38.0 Å². The van der Waals surface area contributed by atoms with Gasteiger partial charge in [-0.05, 0) is 24.6 Å². The molecule has 2 atom stereocenters. The zero-order chi connectivity index (χ0) is 14.6. The monoisotopic (exact) mass is 263 g/mol. The molecule has 0 aliphatic heterocycles. The number of nitrogens with two attached hydrogens (primary N) is 1. The minimum Gasteiger partial charge on any atom is -0.378 e. The van der Waals surface area contributed by atoms with Crippen LogP contribution in [-0.2, 0) is 11.3 Å². The van der Waals surface area contributed by atoms with Gasteiger partial charge in [0.1, 0.15) is 0 Å². The highest BCUT2D eigenvalue weighted by atomic mass is 16.2. The second-order valence-electron chi connectivity index (χ2n) is 5.40. The summed E-state index contributed by atoms with van der Waals surface area (Å²) in [6, 6.07) is 8.10. The van der Waals surface area contributed by atoms with Gasteiger partial charge in [0, 0.05) is 39.4 Å². The summed E-state index contributed by atoms with van der Waals surface area (Å²) in [6.45, 7) is 4.35. The standard InChI is InChI=1S/C15H25N3O/c1-11(12(2)16)15(19)18(5)10-13-6-8-14(9-7-13)17(3)4/h6-9,11-12H,10,16H2,1-5H3. The average molecular weight is 263 g/mol. The summed E-state index contributed by atoms with van der Waals surface area (Å²) >= 11 is 0. The molecule has 0 bridgehead atoms. The van der Waals surface area contributed by atoms with E-state index in [-0.39, 0.29) is 17.9 Å². The highest BCUT2D eigenvalue weighted by Crippen LogP contribution is 2.14. The number of nitrogens with zero attached hydrogens (tertiary/aromatic N) is 2. The quantitative estimate of drug-likeness (QED) is 0.879. The normalized spacial score (nSPS) is 13.8. The van der Waals surface area contributed by atoms with Crippen molar-refractivity contribution in [2.45, 2.75) is 26.4 Å². The Hall–Kier alpha value is -1.55. The van der Waals surface area contributed by atoms with E-state index in [0.717, 1.165) is 11.3 Å². The van der Waals surface area contributed by atoms with Crippen LogP contribution in [0.5, 0.6) is 0 Å². The molecule has 106 valence electrons. The molecular formula is C15H25N3O. The number of benzene rings is 1. The van der Waals surface area contributed by atoms with Crippen LogP contribution in [0.1, 0.15) is 19.4 Å². The first kappa shape index (κ1) is 15.5. The van der Waals surface area contributed by atoms with Gasteiger partial charge in [-0.1, -0.05) is 19.1 Å². The average Bonchev–Trinajstić information content (AvgIpc) is 2.37. The van der Waals surface area contributed by atoms with Crippen LogP contribution >= 0.6 is 0 Å². The molecule has 0 aliphatic carbocycles. The van der Waals surface area contributed by atoms with Crippen molar-refractivity contribution in [2.24, 2.45) is 11.7 Å². The fraction of sp³-hybridized carbons (Fsp3) is 0.533. The Kier molecular flexibility index (Phi) is 5.36. The second-order valence-corrected chi connectivity index (χ2v) is 5.40. The Morgan fingerprint density at radius 1 is 1.16 bits per heavy atom. The Labute approximate surface area is 116 Å². The van der Waals surface area contributed by atoms with Crippen molar-refractivity contribution in [1.29, 1.82) is 0 Å². The van der Waals surface area contributed by atoms with Crippen molar-refractivity contribution in [1.82, 2.24) is 4.90 Å². The first-order chi connectivity index (χ1) is 8.82. The van der Waals surface area contributed by atoms with Crippen LogP contribution in [0.3, 0.4) is 0 Å². The molecule has 2 N–H and O–H groups in total. The topological polar surface area (TPSA) is 49.6 Å². The Balaban J connectivity index is 2.66. The van der Waals surface area contributed by atoms with Crippen molar-refractivity contribution in [3.8, 4) is 0 Å². The molecule has 1 amide bonds. The number of anilines is 1. The van der Waals surface area contributed by atoms with Crippen molar-refractivity contribution >= 4 is 11.6 Å². The minimum atomic E-state index is -0.147. The maximum Gasteiger partial charge on any atom is 0.226 e. The first-order valence-electron chi connectivity index (χ1n) is 6.59. The van der Waals surface area contributed by atoms with E-state index in [2.05, 4.69) is 29.2 Å². The summed E-state index contributed by atoms with van der Waals surface area (Å²) in [5.74, 6) is -0.0577. The van der Waals surface area contributed by atoms with E-state index >= 15 is 0 Å². The van der Waals surface area contributed by atoms with E-state index < -0.39 is 0 Å². The zero-order valence-corrected chi connectivity index (χ0v) is 12.6. The lowest BCUT2D eigenvalue weighted by atomic mass is 10.0. The fourth-order valence-corrected chi connectivity index (χ4v) is 1.82. The molecule has 0 saturated heterocycles. The number of carbonyl (C=O) groups is 1. The van der Waals surface area contributed by atoms with Gasteiger partial charge < -0.3 is 15.5 Å². The minimum absolute atomic E-state index is 0.0895. The zero-order valence-electron chi connectivity index (χ0n) is 12.6. The molecule has 2 unspecified atom stereocenters. The highest BCUT2D eigenvalue weighted by molar-refractivity contribution is 5.78. The third-order valence-electron chi connectivity index (χ3n) is 3.43. The summed E-state index contributed by atoms with van der Waals surface area (Å²) in [5, 5.41) is 0. The molecule has 1 rings (SSSR count). The van der Waals surface area contributed by atoms with Gasteiger partial charge in [0.2, 0.25) is 5.91 Å².